The van der Waals surface area contributed by atoms with Crippen LogP contribution >= 0.6 is 0 Å². The average molecular weight is 327 g/mol. The van der Waals surface area contributed by atoms with Gasteiger partial charge < -0.3 is 9.88 Å². The lowest BCUT2D eigenvalue weighted by Gasteiger charge is -2.27. The summed E-state index contributed by atoms with van der Waals surface area (Å²) in [6.45, 7) is 0.796. The van der Waals surface area contributed by atoms with Crippen molar-refractivity contribution >= 4 is 5.69 Å². The van der Waals surface area contributed by atoms with Gasteiger partial charge in [0.2, 0.25) is 5.56 Å². The van der Waals surface area contributed by atoms with Crippen LogP contribution in [-0.2, 0) is 19.9 Å². The third kappa shape index (κ3) is 3.38. The minimum absolute atomic E-state index is 0.0419. The number of hydrogen-bond donors (Lipinski definition) is 1. The van der Waals surface area contributed by atoms with Crippen molar-refractivity contribution in [1.82, 2.24) is 9.88 Å². The standard InChI is InChI=1S/C18H21N3O3/c1-20-17-4-2-3-16(15(17)9-10-18(20)22)19-12-11-13-5-7-14(8-6-13)21(23)24/h5-10,16,19H,2-4,11-12H2,1H3. The van der Waals surface area contributed by atoms with E-state index in [1.165, 1.54) is 5.56 Å². The lowest BCUT2D eigenvalue weighted by Crippen LogP contribution is -2.31. The topological polar surface area (TPSA) is 77.2 Å². The Kier molecular flexibility index (Phi) is 4.76. The normalized spacial score (nSPS) is 16.6. The molecule has 0 saturated carbocycles. The molecule has 0 bridgehead atoms. The molecule has 126 valence electrons. The first-order chi connectivity index (χ1) is 11.6. The molecule has 2 aromatic rings. The van der Waals surface area contributed by atoms with Crippen molar-refractivity contribution in [2.45, 2.75) is 31.7 Å². The zero-order valence-electron chi connectivity index (χ0n) is 13.7. The SMILES string of the molecule is Cn1c2c(ccc1=O)C(NCCc1ccc([N+](=O)[O-])cc1)CCC2. The van der Waals surface area contributed by atoms with Crippen LogP contribution in [0.15, 0.2) is 41.2 Å². The van der Waals surface area contributed by atoms with Gasteiger partial charge in [-0.2, -0.15) is 0 Å². The molecule has 0 amide bonds. The maximum absolute atomic E-state index is 11.8. The summed E-state index contributed by atoms with van der Waals surface area (Å²) in [7, 11) is 1.83. The van der Waals surface area contributed by atoms with E-state index in [1.807, 2.05) is 13.1 Å². The number of nitro benzene ring substituents is 1. The first kappa shape index (κ1) is 16.4. The van der Waals surface area contributed by atoms with E-state index in [4.69, 9.17) is 0 Å². The lowest BCUT2D eigenvalue weighted by molar-refractivity contribution is -0.384. The van der Waals surface area contributed by atoms with E-state index >= 15 is 0 Å². The van der Waals surface area contributed by atoms with Gasteiger partial charge in [0, 0.05) is 37.0 Å². The maximum Gasteiger partial charge on any atom is 0.269 e. The van der Waals surface area contributed by atoms with Crippen LogP contribution < -0.4 is 10.9 Å². The number of nitrogens with zero attached hydrogens (tertiary/aromatic N) is 2. The quantitative estimate of drug-likeness (QED) is 0.676. The Morgan fingerprint density at radius 1 is 1.25 bits per heavy atom. The fourth-order valence-electron chi connectivity index (χ4n) is 3.34. The van der Waals surface area contributed by atoms with E-state index in [0.29, 0.717) is 0 Å². The molecule has 1 aliphatic rings. The largest absolute Gasteiger partial charge is 0.315 e. The Morgan fingerprint density at radius 3 is 2.71 bits per heavy atom. The smallest absolute Gasteiger partial charge is 0.269 e. The van der Waals surface area contributed by atoms with Gasteiger partial charge in [-0.1, -0.05) is 18.2 Å². The van der Waals surface area contributed by atoms with Crippen molar-refractivity contribution < 1.29 is 4.92 Å². The summed E-state index contributed by atoms with van der Waals surface area (Å²) in [5, 5.41) is 14.2. The van der Waals surface area contributed by atoms with Gasteiger partial charge in [-0.05, 0) is 43.4 Å². The van der Waals surface area contributed by atoms with Crippen LogP contribution in [0.3, 0.4) is 0 Å². The molecule has 0 saturated heterocycles. The van der Waals surface area contributed by atoms with Gasteiger partial charge in [0.1, 0.15) is 0 Å². The van der Waals surface area contributed by atoms with Crippen molar-refractivity contribution in [2.75, 3.05) is 6.54 Å². The summed E-state index contributed by atoms with van der Waals surface area (Å²) in [6.07, 6.45) is 3.89. The third-order valence-corrected chi connectivity index (χ3v) is 4.71. The molecule has 1 aromatic heterocycles. The van der Waals surface area contributed by atoms with E-state index in [1.54, 1.807) is 34.9 Å². The summed E-state index contributed by atoms with van der Waals surface area (Å²) in [5.74, 6) is 0. The van der Waals surface area contributed by atoms with E-state index in [9.17, 15) is 14.9 Å². The van der Waals surface area contributed by atoms with Crippen molar-refractivity contribution in [3.63, 3.8) is 0 Å². The molecule has 3 rings (SSSR count). The number of benzene rings is 1. The Hall–Kier alpha value is -2.47. The van der Waals surface area contributed by atoms with E-state index in [0.717, 1.165) is 43.5 Å². The van der Waals surface area contributed by atoms with Crippen LogP contribution in [0, 0.1) is 10.1 Å². The fourth-order valence-corrected chi connectivity index (χ4v) is 3.34. The zero-order chi connectivity index (χ0) is 17.1. The minimum Gasteiger partial charge on any atom is -0.315 e. The van der Waals surface area contributed by atoms with E-state index in [-0.39, 0.29) is 22.2 Å². The summed E-state index contributed by atoms with van der Waals surface area (Å²) in [4.78, 5) is 22.1. The Balaban J connectivity index is 1.63. The predicted octanol–water partition coefficient (Wildman–Crippen LogP) is 2.50. The molecule has 1 heterocycles. The van der Waals surface area contributed by atoms with Gasteiger partial charge in [-0.25, -0.2) is 0 Å². The second-order valence-electron chi connectivity index (χ2n) is 6.21. The highest BCUT2D eigenvalue weighted by Crippen LogP contribution is 2.28. The summed E-state index contributed by atoms with van der Waals surface area (Å²) < 4.78 is 1.75. The van der Waals surface area contributed by atoms with Gasteiger partial charge in [0.05, 0.1) is 4.92 Å². The molecule has 0 fully saturated rings. The van der Waals surface area contributed by atoms with Gasteiger partial charge >= 0.3 is 0 Å². The first-order valence-electron chi connectivity index (χ1n) is 8.22. The van der Waals surface area contributed by atoms with Crippen molar-refractivity contribution in [3.8, 4) is 0 Å². The lowest BCUT2D eigenvalue weighted by atomic mass is 9.91. The second kappa shape index (κ2) is 6.97. The summed E-state index contributed by atoms with van der Waals surface area (Å²) in [5.41, 5.74) is 3.58. The molecule has 24 heavy (non-hydrogen) atoms. The summed E-state index contributed by atoms with van der Waals surface area (Å²) in [6, 6.07) is 10.5. The van der Waals surface area contributed by atoms with Crippen molar-refractivity contribution in [3.05, 3.63) is 73.7 Å². The van der Waals surface area contributed by atoms with Crippen LogP contribution in [0.25, 0.3) is 0 Å². The minimum atomic E-state index is -0.384. The molecule has 0 aliphatic heterocycles. The first-order valence-corrected chi connectivity index (χ1v) is 8.22. The average Bonchev–Trinajstić information content (AvgIpc) is 2.59. The highest BCUT2D eigenvalue weighted by Gasteiger charge is 2.21. The number of nitrogens with one attached hydrogen (secondary N) is 1. The maximum atomic E-state index is 11.8. The molecule has 1 unspecified atom stereocenters. The molecular weight excluding hydrogens is 306 g/mol. The number of hydrogen-bond acceptors (Lipinski definition) is 4. The molecule has 1 aromatic carbocycles. The van der Waals surface area contributed by atoms with Crippen molar-refractivity contribution in [2.24, 2.45) is 7.05 Å². The Morgan fingerprint density at radius 2 is 2.00 bits per heavy atom. The van der Waals surface area contributed by atoms with Crippen LogP contribution in [0.5, 0.6) is 0 Å². The summed E-state index contributed by atoms with van der Waals surface area (Å²) >= 11 is 0. The molecule has 0 spiro atoms. The van der Waals surface area contributed by atoms with E-state index in [2.05, 4.69) is 5.32 Å². The molecular formula is C18H21N3O3. The third-order valence-electron chi connectivity index (χ3n) is 4.71. The number of pyridine rings is 1. The Labute approximate surface area is 140 Å². The number of non-ortho nitro benzene ring substituents is 1. The number of nitro groups is 1. The van der Waals surface area contributed by atoms with Gasteiger partial charge in [0.15, 0.2) is 0 Å². The van der Waals surface area contributed by atoms with Crippen LogP contribution in [-0.4, -0.2) is 16.0 Å². The number of fused-ring (bicyclic) bond motifs is 1. The van der Waals surface area contributed by atoms with Crippen LogP contribution in [0.2, 0.25) is 0 Å². The highest BCUT2D eigenvalue weighted by atomic mass is 16.6. The molecule has 0 radical (unpaired) electrons. The highest BCUT2D eigenvalue weighted by molar-refractivity contribution is 5.33. The van der Waals surface area contributed by atoms with E-state index < -0.39 is 0 Å². The van der Waals surface area contributed by atoms with Gasteiger partial charge in [0.25, 0.3) is 5.69 Å². The molecule has 6 heteroatoms. The van der Waals surface area contributed by atoms with Gasteiger partial charge in [-0.3, -0.25) is 14.9 Å². The predicted molar refractivity (Wildman–Crippen MR) is 92.2 cm³/mol. The zero-order valence-corrected chi connectivity index (χ0v) is 13.7. The van der Waals surface area contributed by atoms with Gasteiger partial charge in [-0.15, -0.1) is 0 Å². The number of aromatic nitrogens is 1. The fraction of sp³-hybridized carbons (Fsp3) is 0.389. The van der Waals surface area contributed by atoms with Crippen molar-refractivity contribution in [1.29, 1.82) is 0 Å². The van der Waals surface area contributed by atoms with Crippen LogP contribution in [0.4, 0.5) is 5.69 Å². The number of rotatable bonds is 5. The molecule has 1 N–H and O–H groups in total. The Bertz CT molecular complexity index is 796. The second-order valence-corrected chi connectivity index (χ2v) is 6.21. The van der Waals surface area contributed by atoms with Crippen LogP contribution in [0.1, 0.15) is 35.7 Å². The molecule has 1 atom stereocenters. The monoisotopic (exact) mass is 327 g/mol. The molecule has 1 aliphatic carbocycles. The molecule has 6 nitrogen and oxygen atoms in total.